The van der Waals surface area contributed by atoms with Gasteiger partial charge in [0, 0.05) is 31.4 Å². The lowest BCUT2D eigenvalue weighted by Crippen LogP contribution is -2.24. The predicted molar refractivity (Wildman–Crippen MR) is 85.8 cm³/mol. The standard InChI is InChI=1S/C15H22N6/c1-8-5-10(3)18-14-12(8)13(16-4)20-15(21-14)19-11-6-9(2)17-7-11/h5,9,11,17H,6-7H2,1-4H3,(H2,16,18,19,20,21)/t9-,11+/m1/s1. The van der Waals surface area contributed by atoms with Gasteiger partial charge in [0.25, 0.3) is 0 Å². The molecule has 0 unspecified atom stereocenters. The number of hydrogen-bond donors (Lipinski definition) is 3. The van der Waals surface area contributed by atoms with Crippen molar-refractivity contribution in [3.8, 4) is 0 Å². The first kappa shape index (κ1) is 14.0. The van der Waals surface area contributed by atoms with Gasteiger partial charge < -0.3 is 16.0 Å². The number of aryl methyl sites for hydroxylation is 2. The molecule has 6 heteroatoms. The van der Waals surface area contributed by atoms with Gasteiger partial charge in [0.05, 0.1) is 5.39 Å². The van der Waals surface area contributed by atoms with Crippen LogP contribution in [-0.4, -0.2) is 40.6 Å². The lowest BCUT2D eigenvalue weighted by Gasteiger charge is -2.14. The second kappa shape index (κ2) is 5.44. The number of nitrogens with one attached hydrogen (secondary N) is 3. The van der Waals surface area contributed by atoms with Gasteiger partial charge in [0.15, 0.2) is 5.65 Å². The van der Waals surface area contributed by atoms with E-state index in [0.29, 0.717) is 18.0 Å². The van der Waals surface area contributed by atoms with Crippen LogP contribution in [0.25, 0.3) is 11.0 Å². The van der Waals surface area contributed by atoms with Crippen LogP contribution in [0.3, 0.4) is 0 Å². The Balaban J connectivity index is 2.00. The average Bonchev–Trinajstić information content (AvgIpc) is 2.82. The van der Waals surface area contributed by atoms with Crippen LogP contribution in [0, 0.1) is 13.8 Å². The second-order valence-electron chi connectivity index (χ2n) is 5.81. The Morgan fingerprint density at radius 2 is 2.05 bits per heavy atom. The van der Waals surface area contributed by atoms with E-state index in [1.54, 1.807) is 0 Å². The summed E-state index contributed by atoms with van der Waals surface area (Å²) in [6.07, 6.45) is 1.08. The number of pyridine rings is 1. The summed E-state index contributed by atoms with van der Waals surface area (Å²) in [4.78, 5) is 13.7. The Kier molecular flexibility index (Phi) is 3.63. The van der Waals surface area contributed by atoms with Gasteiger partial charge in [-0.25, -0.2) is 4.98 Å². The van der Waals surface area contributed by atoms with Gasteiger partial charge in [-0.15, -0.1) is 0 Å². The van der Waals surface area contributed by atoms with Gasteiger partial charge in [-0.05, 0) is 38.8 Å². The monoisotopic (exact) mass is 286 g/mol. The van der Waals surface area contributed by atoms with Crippen LogP contribution in [0.2, 0.25) is 0 Å². The third-order valence-electron chi connectivity index (χ3n) is 3.91. The molecule has 0 spiro atoms. The van der Waals surface area contributed by atoms with Crippen LogP contribution in [0.5, 0.6) is 0 Å². The molecule has 3 N–H and O–H groups in total. The van der Waals surface area contributed by atoms with E-state index in [1.807, 2.05) is 14.0 Å². The highest BCUT2D eigenvalue weighted by Gasteiger charge is 2.21. The van der Waals surface area contributed by atoms with Gasteiger partial charge >= 0.3 is 0 Å². The SMILES string of the molecule is CNc1nc(N[C@@H]2CN[C@H](C)C2)nc2nc(C)cc(C)c12. The number of fused-ring (bicyclic) bond motifs is 1. The fourth-order valence-corrected chi connectivity index (χ4v) is 2.95. The number of rotatable bonds is 3. The molecule has 2 aromatic heterocycles. The van der Waals surface area contributed by atoms with Crippen molar-refractivity contribution < 1.29 is 0 Å². The normalized spacial score (nSPS) is 21.7. The maximum Gasteiger partial charge on any atom is 0.226 e. The molecular formula is C15H22N6. The Labute approximate surface area is 124 Å². The van der Waals surface area contributed by atoms with Crippen molar-refractivity contribution in [2.45, 2.75) is 39.3 Å². The highest BCUT2D eigenvalue weighted by molar-refractivity contribution is 5.90. The van der Waals surface area contributed by atoms with Gasteiger partial charge in [-0.2, -0.15) is 9.97 Å². The van der Waals surface area contributed by atoms with Crippen molar-refractivity contribution in [2.75, 3.05) is 24.2 Å². The van der Waals surface area contributed by atoms with E-state index < -0.39 is 0 Å². The maximum atomic E-state index is 4.60. The van der Waals surface area contributed by atoms with Crippen molar-refractivity contribution in [3.63, 3.8) is 0 Å². The molecule has 1 saturated heterocycles. The second-order valence-corrected chi connectivity index (χ2v) is 5.81. The molecule has 0 amide bonds. The maximum absolute atomic E-state index is 4.60. The Morgan fingerprint density at radius 1 is 1.24 bits per heavy atom. The third kappa shape index (κ3) is 2.76. The lowest BCUT2D eigenvalue weighted by molar-refractivity contribution is 0.660. The smallest absolute Gasteiger partial charge is 0.226 e. The zero-order valence-corrected chi connectivity index (χ0v) is 13.0. The third-order valence-corrected chi connectivity index (χ3v) is 3.91. The number of aromatic nitrogens is 3. The number of anilines is 2. The molecule has 3 heterocycles. The van der Waals surface area contributed by atoms with Crippen molar-refractivity contribution in [1.82, 2.24) is 20.3 Å². The molecule has 2 atom stereocenters. The van der Waals surface area contributed by atoms with Crippen LogP contribution in [0.1, 0.15) is 24.6 Å². The summed E-state index contributed by atoms with van der Waals surface area (Å²) < 4.78 is 0. The predicted octanol–water partition coefficient (Wildman–Crippen LogP) is 1.85. The molecule has 0 bridgehead atoms. The topological polar surface area (TPSA) is 74.8 Å². The minimum absolute atomic E-state index is 0.369. The molecular weight excluding hydrogens is 264 g/mol. The number of nitrogens with zero attached hydrogens (tertiary/aromatic N) is 3. The first-order valence-electron chi connectivity index (χ1n) is 7.40. The van der Waals surface area contributed by atoms with E-state index in [1.165, 1.54) is 0 Å². The fourth-order valence-electron chi connectivity index (χ4n) is 2.95. The van der Waals surface area contributed by atoms with Crippen molar-refractivity contribution in [1.29, 1.82) is 0 Å². The summed E-state index contributed by atoms with van der Waals surface area (Å²) in [5, 5.41) is 11.0. The minimum atomic E-state index is 0.369. The summed E-state index contributed by atoms with van der Waals surface area (Å²) in [6.45, 7) is 7.19. The van der Waals surface area contributed by atoms with Crippen LogP contribution in [0.4, 0.5) is 11.8 Å². The highest BCUT2D eigenvalue weighted by Crippen LogP contribution is 2.25. The molecule has 1 aliphatic heterocycles. The van der Waals surface area contributed by atoms with Gasteiger partial charge in [-0.1, -0.05) is 0 Å². The average molecular weight is 286 g/mol. The van der Waals surface area contributed by atoms with E-state index in [-0.39, 0.29) is 0 Å². The van der Waals surface area contributed by atoms with E-state index >= 15 is 0 Å². The zero-order valence-electron chi connectivity index (χ0n) is 13.0. The summed E-state index contributed by atoms with van der Waals surface area (Å²) in [6, 6.07) is 2.96. The summed E-state index contributed by atoms with van der Waals surface area (Å²) in [7, 11) is 1.88. The Morgan fingerprint density at radius 3 is 2.71 bits per heavy atom. The quantitative estimate of drug-likeness (QED) is 0.799. The molecule has 2 aromatic rings. The van der Waals surface area contributed by atoms with Crippen LogP contribution >= 0.6 is 0 Å². The molecule has 0 saturated carbocycles. The van der Waals surface area contributed by atoms with E-state index in [4.69, 9.17) is 0 Å². The van der Waals surface area contributed by atoms with E-state index in [0.717, 1.165) is 41.1 Å². The molecule has 0 radical (unpaired) electrons. The minimum Gasteiger partial charge on any atom is -0.372 e. The molecule has 112 valence electrons. The van der Waals surface area contributed by atoms with Crippen molar-refractivity contribution >= 4 is 22.8 Å². The zero-order chi connectivity index (χ0) is 15.0. The van der Waals surface area contributed by atoms with Gasteiger partial charge in [0.2, 0.25) is 5.95 Å². The molecule has 1 fully saturated rings. The largest absolute Gasteiger partial charge is 0.372 e. The summed E-state index contributed by atoms with van der Waals surface area (Å²) >= 11 is 0. The van der Waals surface area contributed by atoms with Gasteiger partial charge in [-0.3, -0.25) is 0 Å². The molecule has 3 rings (SSSR count). The first-order valence-corrected chi connectivity index (χ1v) is 7.40. The summed E-state index contributed by atoms with van der Waals surface area (Å²) in [5.41, 5.74) is 2.86. The van der Waals surface area contributed by atoms with Gasteiger partial charge in [0.1, 0.15) is 5.82 Å². The van der Waals surface area contributed by atoms with E-state index in [9.17, 15) is 0 Å². The molecule has 0 aromatic carbocycles. The molecule has 6 nitrogen and oxygen atoms in total. The van der Waals surface area contributed by atoms with Crippen LogP contribution in [-0.2, 0) is 0 Å². The van der Waals surface area contributed by atoms with Crippen LogP contribution < -0.4 is 16.0 Å². The highest BCUT2D eigenvalue weighted by atomic mass is 15.2. The van der Waals surface area contributed by atoms with Crippen LogP contribution in [0.15, 0.2) is 6.07 Å². The first-order chi connectivity index (χ1) is 10.1. The Bertz CT molecular complexity index is 669. The van der Waals surface area contributed by atoms with Crippen molar-refractivity contribution in [3.05, 3.63) is 17.3 Å². The fraction of sp³-hybridized carbons (Fsp3) is 0.533. The Hall–Kier alpha value is -1.95. The molecule has 21 heavy (non-hydrogen) atoms. The number of hydrogen-bond acceptors (Lipinski definition) is 6. The summed E-state index contributed by atoms with van der Waals surface area (Å²) in [5.74, 6) is 1.47. The van der Waals surface area contributed by atoms with E-state index in [2.05, 4.69) is 50.8 Å². The molecule has 0 aliphatic carbocycles. The molecule has 1 aliphatic rings. The van der Waals surface area contributed by atoms with Crippen molar-refractivity contribution in [2.24, 2.45) is 0 Å². The lowest BCUT2D eigenvalue weighted by atomic mass is 10.1.